The highest BCUT2D eigenvalue weighted by atomic mass is 16.6. The van der Waals surface area contributed by atoms with Gasteiger partial charge in [-0.2, -0.15) is 0 Å². The van der Waals surface area contributed by atoms with E-state index in [1.165, 1.54) is 0 Å². The molecule has 0 rings (SSSR count). The molecule has 0 aromatic rings. The van der Waals surface area contributed by atoms with E-state index in [1.807, 2.05) is 6.92 Å². The maximum absolute atomic E-state index is 4.70. The molecule has 0 aromatic heterocycles. The predicted octanol–water partition coefficient (Wildman–Crippen LogP) is 1.81. The summed E-state index contributed by atoms with van der Waals surface area (Å²) in [5, 5.41) is 3.65. The van der Waals surface area contributed by atoms with Gasteiger partial charge in [-0.1, -0.05) is 18.5 Å². The van der Waals surface area contributed by atoms with Crippen molar-refractivity contribution in [2.24, 2.45) is 5.16 Å². The summed E-state index contributed by atoms with van der Waals surface area (Å²) in [6.07, 6.45) is 3.94. The summed E-state index contributed by atoms with van der Waals surface area (Å²) in [5.74, 6) is 0. The van der Waals surface area contributed by atoms with E-state index in [-0.39, 0.29) is 0 Å². The Kier molecular flexibility index (Phi) is 6.04. The highest BCUT2D eigenvalue weighted by molar-refractivity contribution is 5.55. The lowest BCUT2D eigenvalue weighted by Gasteiger charge is -1.87. The molecular weight excluding hydrogens is 102 g/mol. The van der Waals surface area contributed by atoms with Crippen molar-refractivity contribution in [2.75, 3.05) is 6.61 Å². The Morgan fingerprint density at radius 3 is 2.75 bits per heavy atom. The number of hydrogen-bond acceptors (Lipinski definition) is 2. The van der Waals surface area contributed by atoms with Crippen LogP contribution in [0.2, 0.25) is 0 Å². The van der Waals surface area contributed by atoms with Gasteiger partial charge in [0.15, 0.2) is 0 Å². The molecule has 0 amide bonds. The number of oxime groups is 1. The van der Waals surface area contributed by atoms with E-state index in [4.69, 9.17) is 4.84 Å². The number of nitrogens with zero attached hydrogens (tertiary/aromatic N) is 1. The third-order valence-corrected chi connectivity index (χ3v) is 0.696. The monoisotopic (exact) mass is 115 g/mol. The van der Waals surface area contributed by atoms with Crippen LogP contribution in [0, 0.1) is 0 Å². The van der Waals surface area contributed by atoms with Crippen molar-refractivity contribution in [2.45, 2.75) is 26.7 Å². The number of hydrogen-bond donors (Lipinski definition) is 0. The van der Waals surface area contributed by atoms with Crippen LogP contribution >= 0.6 is 0 Å². The van der Waals surface area contributed by atoms with Crippen molar-refractivity contribution in [3.05, 3.63) is 0 Å². The molecule has 8 heavy (non-hydrogen) atoms. The fourth-order valence-electron chi connectivity index (χ4n) is 0.309. The average molecular weight is 115 g/mol. The van der Waals surface area contributed by atoms with E-state index in [0.717, 1.165) is 12.8 Å². The smallest absolute Gasteiger partial charge is 0.114 e. The average Bonchev–Trinajstić information content (AvgIpc) is 1.81. The summed E-state index contributed by atoms with van der Waals surface area (Å²) in [5.41, 5.74) is 0. The Hall–Kier alpha value is -0.530. The first-order valence-corrected chi connectivity index (χ1v) is 3.05. The van der Waals surface area contributed by atoms with Crippen LogP contribution in [0.15, 0.2) is 5.16 Å². The van der Waals surface area contributed by atoms with E-state index >= 15 is 0 Å². The largest absolute Gasteiger partial charge is 0.396 e. The minimum Gasteiger partial charge on any atom is -0.396 e. The van der Waals surface area contributed by atoms with E-state index in [1.54, 1.807) is 6.21 Å². The molecule has 0 spiro atoms. The molecule has 0 N–H and O–H groups in total. The van der Waals surface area contributed by atoms with Crippen LogP contribution in [-0.2, 0) is 4.84 Å². The van der Waals surface area contributed by atoms with Gasteiger partial charge in [0.1, 0.15) is 6.61 Å². The molecule has 48 valence electrons. The number of unbranched alkanes of at least 4 members (excludes halogenated alkanes) is 1. The van der Waals surface area contributed by atoms with Gasteiger partial charge in [-0.3, -0.25) is 0 Å². The molecule has 0 aliphatic carbocycles. The first-order chi connectivity index (χ1) is 3.91. The van der Waals surface area contributed by atoms with Gasteiger partial charge in [-0.25, -0.2) is 0 Å². The fourth-order valence-corrected chi connectivity index (χ4v) is 0.309. The van der Waals surface area contributed by atoms with Gasteiger partial charge >= 0.3 is 0 Å². The van der Waals surface area contributed by atoms with Crippen LogP contribution in [0.5, 0.6) is 0 Å². The maximum atomic E-state index is 4.70. The van der Waals surface area contributed by atoms with Gasteiger partial charge < -0.3 is 4.84 Å². The zero-order chi connectivity index (χ0) is 6.24. The molecule has 0 saturated carbocycles. The van der Waals surface area contributed by atoms with Crippen molar-refractivity contribution < 1.29 is 4.84 Å². The maximum Gasteiger partial charge on any atom is 0.114 e. The number of rotatable bonds is 4. The third kappa shape index (κ3) is 5.47. The molecule has 0 saturated heterocycles. The lowest BCUT2D eigenvalue weighted by Crippen LogP contribution is -1.79. The third-order valence-electron chi connectivity index (χ3n) is 0.696. The molecule has 2 heteroatoms. The quantitative estimate of drug-likeness (QED) is 0.404. The molecule has 0 aliphatic rings. The second kappa shape index (κ2) is 6.47. The predicted molar refractivity (Wildman–Crippen MR) is 35.0 cm³/mol. The van der Waals surface area contributed by atoms with Crippen LogP contribution in [0.1, 0.15) is 26.7 Å². The molecular formula is C6H13NO. The van der Waals surface area contributed by atoms with Gasteiger partial charge in [-0.15, -0.1) is 0 Å². The Balaban J connectivity index is 2.83. The summed E-state index contributed by atoms with van der Waals surface area (Å²) in [4.78, 5) is 4.70. The normalized spacial score (nSPS) is 10.2. The first kappa shape index (κ1) is 7.47. The van der Waals surface area contributed by atoms with Crippen LogP contribution in [0.4, 0.5) is 0 Å². The molecule has 0 atom stereocenters. The molecule has 0 aliphatic heterocycles. The molecule has 0 aromatic carbocycles. The molecule has 2 nitrogen and oxygen atoms in total. The van der Waals surface area contributed by atoms with Crippen molar-refractivity contribution in [3.8, 4) is 0 Å². The van der Waals surface area contributed by atoms with Crippen molar-refractivity contribution in [1.82, 2.24) is 0 Å². The second-order valence-corrected chi connectivity index (χ2v) is 1.49. The van der Waals surface area contributed by atoms with Crippen LogP contribution < -0.4 is 0 Å². The van der Waals surface area contributed by atoms with E-state index in [2.05, 4.69) is 12.1 Å². The van der Waals surface area contributed by atoms with Crippen molar-refractivity contribution in [3.63, 3.8) is 0 Å². The molecule has 0 fully saturated rings. The Labute approximate surface area is 50.5 Å². The fraction of sp³-hybridized carbons (Fsp3) is 0.833. The first-order valence-electron chi connectivity index (χ1n) is 3.05. The standard InChI is InChI=1S/C6H13NO/c1-3-5-6-7-8-4-2/h6H,3-5H2,1-2H3/b7-6-. The SMILES string of the molecule is CCC/C=N\OCC. The second-order valence-electron chi connectivity index (χ2n) is 1.49. The van der Waals surface area contributed by atoms with Crippen molar-refractivity contribution >= 4 is 6.21 Å². The summed E-state index contributed by atoms with van der Waals surface area (Å²) < 4.78 is 0. The highest BCUT2D eigenvalue weighted by Gasteiger charge is 1.71. The van der Waals surface area contributed by atoms with Gasteiger partial charge in [0.25, 0.3) is 0 Å². The molecule has 0 unspecified atom stereocenters. The van der Waals surface area contributed by atoms with Gasteiger partial charge in [-0.05, 0) is 13.3 Å². The van der Waals surface area contributed by atoms with Gasteiger partial charge in [0.05, 0.1) is 0 Å². The summed E-state index contributed by atoms with van der Waals surface area (Å²) in [6, 6.07) is 0. The minimum absolute atomic E-state index is 0.667. The highest BCUT2D eigenvalue weighted by Crippen LogP contribution is 1.81. The Morgan fingerprint density at radius 2 is 2.25 bits per heavy atom. The molecule has 0 bridgehead atoms. The van der Waals surface area contributed by atoms with Crippen LogP contribution in [-0.4, -0.2) is 12.8 Å². The Morgan fingerprint density at radius 1 is 1.50 bits per heavy atom. The van der Waals surface area contributed by atoms with E-state index in [0.29, 0.717) is 6.61 Å². The minimum atomic E-state index is 0.667. The molecule has 0 heterocycles. The zero-order valence-electron chi connectivity index (χ0n) is 5.55. The molecule has 0 radical (unpaired) electrons. The summed E-state index contributed by atoms with van der Waals surface area (Å²) in [7, 11) is 0. The summed E-state index contributed by atoms with van der Waals surface area (Å²) in [6.45, 7) is 4.70. The Bertz CT molecular complexity index is 53.5. The van der Waals surface area contributed by atoms with E-state index < -0.39 is 0 Å². The lowest BCUT2D eigenvalue weighted by molar-refractivity contribution is 0.160. The van der Waals surface area contributed by atoms with Crippen LogP contribution in [0.3, 0.4) is 0 Å². The van der Waals surface area contributed by atoms with Crippen LogP contribution in [0.25, 0.3) is 0 Å². The van der Waals surface area contributed by atoms with E-state index in [9.17, 15) is 0 Å². The lowest BCUT2D eigenvalue weighted by atomic mass is 10.4. The van der Waals surface area contributed by atoms with Gasteiger partial charge in [0, 0.05) is 6.21 Å². The zero-order valence-corrected chi connectivity index (χ0v) is 5.55. The van der Waals surface area contributed by atoms with Crippen molar-refractivity contribution in [1.29, 1.82) is 0 Å². The topological polar surface area (TPSA) is 21.6 Å². The van der Waals surface area contributed by atoms with Gasteiger partial charge in [0.2, 0.25) is 0 Å². The summed E-state index contributed by atoms with van der Waals surface area (Å²) >= 11 is 0.